The number of hydrogen-bond acceptors (Lipinski definition) is 0. The second-order valence-electron chi connectivity index (χ2n) is 17.1. The maximum atomic E-state index is 6.89. The Morgan fingerprint density at radius 3 is 1.69 bits per heavy atom. The molecule has 0 aliphatic heterocycles. The normalized spacial score (nSPS) is 39.9. The van der Waals surface area contributed by atoms with E-state index in [0.717, 1.165) is 16.5 Å². The molecule has 0 saturated heterocycles. The van der Waals surface area contributed by atoms with Gasteiger partial charge in [0.05, 0.1) is 0 Å². The second kappa shape index (κ2) is 13.2. The molecule has 0 aromatic heterocycles. The molecule has 2 aromatic carbocycles. The SMILES string of the molecule is CC1=CC=CC2[CH]([Zr+2]([C]3=CC=CC3)=[C](c3cccc(Cl)c3)c3cccc(Cl)c3)C3(C)C4(C)C=CC=CC4(C)C4(C)C=CC=CC4(C)C3(C)C12C.[Cl-].[Cl-]. The smallest absolute Gasteiger partial charge is 1.00 e. The third kappa shape index (κ3) is 4.53. The van der Waals surface area contributed by atoms with E-state index >= 15 is 0 Å². The monoisotopic (exact) mass is 844 g/mol. The van der Waals surface area contributed by atoms with Crippen LogP contribution in [0.1, 0.15) is 72.9 Å². The van der Waals surface area contributed by atoms with Crippen molar-refractivity contribution in [3.05, 3.63) is 164 Å². The summed E-state index contributed by atoms with van der Waals surface area (Å²) < 4.78 is 3.60. The summed E-state index contributed by atoms with van der Waals surface area (Å²) in [5, 5.41) is 1.57. The van der Waals surface area contributed by atoms with Crippen LogP contribution in [-0.4, -0.2) is 3.21 Å². The Morgan fingerprint density at radius 1 is 0.654 bits per heavy atom. The third-order valence-corrected chi connectivity index (χ3v) is 26.1. The van der Waals surface area contributed by atoms with Gasteiger partial charge in [-0.05, 0) is 0 Å². The van der Waals surface area contributed by atoms with Crippen molar-refractivity contribution in [1.82, 2.24) is 0 Å². The Morgan fingerprint density at radius 2 is 1.17 bits per heavy atom. The van der Waals surface area contributed by atoms with Gasteiger partial charge < -0.3 is 24.8 Å². The van der Waals surface area contributed by atoms with Crippen molar-refractivity contribution in [3.8, 4) is 0 Å². The van der Waals surface area contributed by atoms with E-state index < -0.39 is 21.3 Å². The molecule has 8 rings (SSSR count). The summed E-state index contributed by atoms with van der Waals surface area (Å²) >= 11 is 10.7. The molecular formula is C47H50Cl4Zr. The first-order valence-corrected chi connectivity index (χ1v) is 23.0. The molecule has 2 aromatic rings. The van der Waals surface area contributed by atoms with E-state index in [4.69, 9.17) is 23.2 Å². The number of allylic oxidation sites excluding steroid dienone is 16. The summed E-state index contributed by atoms with van der Waals surface area (Å²) in [5.74, 6) is 0.352. The Bertz CT molecular complexity index is 2060. The molecule has 0 N–H and O–H groups in total. The van der Waals surface area contributed by atoms with E-state index in [9.17, 15) is 0 Å². The van der Waals surface area contributed by atoms with E-state index in [1.54, 1.807) is 3.28 Å². The molecule has 0 heterocycles. The molecule has 0 radical (unpaired) electrons. The van der Waals surface area contributed by atoms with Crippen molar-refractivity contribution < 1.29 is 46.1 Å². The van der Waals surface area contributed by atoms with Gasteiger partial charge in [0.25, 0.3) is 0 Å². The Kier molecular flexibility index (Phi) is 10.1. The zero-order valence-corrected chi connectivity index (χ0v) is 37.1. The standard InChI is InChI=1S/C29H37.C13H8Cl2.C5H5.2ClH.Zr/c1-21-14-13-15-22-20-27(6)25(4)18-10-9-16-23(25,2)24(3)17-11-12-19-26(24,5)29(27,8)28(21,22)7;14-12-5-1-3-10(8-12)7-11-4-2-6-13(15)9-11;1-2-4-5-3-1;;;/h9-20,22H,1-8H3;1-6,8-9H;1-3H,4H2;2*1H;/q;;;;;+2/p-2. The third-order valence-electron chi connectivity index (χ3n) is 16.4. The van der Waals surface area contributed by atoms with E-state index in [1.165, 1.54) is 19.9 Å². The van der Waals surface area contributed by atoms with Crippen LogP contribution in [0.15, 0.2) is 142 Å². The molecule has 0 spiro atoms. The maximum absolute atomic E-state index is 6.89. The summed E-state index contributed by atoms with van der Waals surface area (Å²) in [6.45, 7) is 21.1. The molecule has 52 heavy (non-hydrogen) atoms. The summed E-state index contributed by atoms with van der Waals surface area (Å²) in [7, 11) is 0. The predicted octanol–water partition coefficient (Wildman–Crippen LogP) is 7.28. The first-order valence-electron chi connectivity index (χ1n) is 18.4. The summed E-state index contributed by atoms with van der Waals surface area (Å²) in [6, 6.07) is 17.4. The molecule has 2 fully saturated rings. The van der Waals surface area contributed by atoms with Crippen LogP contribution in [0.3, 0.4) is 0 Å². The minimum atomic E-state index is -3.07. The molecule has 5 heteroatoms. The van der Waals surface area contributed by atoms with Crippen LogP contribution >= 0.6 is 23.2 Å². The van der Waals surface area contributed by atoms with Gasteiger partial charge in [0.15, 0.2) is 0 Å². The predicted molar refractivity (Wildman–Crippen MR) is 211 cm³/mol. The minimum Gasteiger partial charge on any atom is -1.00 e. The number of rotatable bonds is 4. The van der Waals surface area contributed by atoms with Crippen LogP contribution < -0.4 is 24.8 Å². The van der Waals surface area contributed by atoms with E-state index in [0.29, 0.717) is 9.54 Å². The zero-order chi connectivity index (χ0) is 35.5. The van der Waals surface area contributed by atoms with Crippen LogP contribution in [0.25, 0.3) is 0 Å². The molecule has 0 bridgehead atoms. The summed E-state index contributed by atoms with van der Waals surface area (Å²) in [5.41, 5.74) is 3.06. The second-order valence-corrected chi connectivity index (χ2v) is 24.4. The van der Waals surface area contributed by atoms with Gasteiger partial charge in [-0.2, -0.15) is 0 Å². The molecule has 0 amide bonds. The van der Waals surface area contributed by atoms with Crippen molar-refractivity contribution in [3.63, 3.8) is 0 Å². The van der Waals surface area contributed by atoms with Crippen molar-refractivity contribution >= 4 is 26.4 Å². The summed E-state index contributed by atoms with van der Waals surface area (Å²) in [4.78, 5) is 0. The number of hydrogen-bond donors (Lipinski definition) is 0. The van der Waals surface area contributed by atoms with Gasteiger partial charge in [0, 0.05) is 0 Å². The molecule has 6 aliphatic rings. The molecule has 2 saturated carbocycles. The topological polar surface area (TPSA) is 0 Å². The molecule has 6 aliphatic carbocycles. The van der Waals surface area contributed by atoms with E-state index in [2.05, 4.69) is 177 Å². The molecular weight excluding hydrogens is 798 g/mol. The van der Waals surface area contributed by atoms with E-state index in [-0.39, 0.29) is 62.7 Å². The first-order chi connectivity index (χ1) is 23.7. The van der Waals surface area contributed by atoms with Gasteiger partial charge in [0.2, 0.25) is 0 Å². The molecule has 9 unspecified atom stereocenters. The van der Waals surface area contributed by atoms with Gasteiger partial charge in [-0.15, -0.1) is 0 Å². The Hall–Kier alpha value is -1.73. The van der Waals surface area contributed by atoms with Crippen LogP contribution in [-0.2, 0) is 21.3 Å². The van der Waals surface area contributed by atoms with Gasteiger partial charge in [0.1, 0.15) is 0 Å². The van der Waals surface area contributed by atoms with Gasteiger partial charge >= 0.3 is 321 Å². The largest absolute Gasteiger partial charge is 1.00 e. The average molecular weight is 848 g/mol. The van der Waals surface area contributed by atoms with Crippen molar-refractivity contribution in [1.29, 1.82) is 0 Å². The fourth-order valence-electron chi connectivity index (χ4n) is 13.2. The van der Waals surface area contributed by atoms with Gasteiger partial charge in [-0.3, -0.25) is 0 Å². The number of fused-ring (bicyclic) bond motifs is 8. The average Bonchev–Trinajstić information content (AvgIpc) is 3.67. The molecule has 9 atom stereocenters. The molecule has 270 valence electrons. The minimum absolute atomic E-state index is 0. The van der Waals surface area contributed by atoms with Crippen molar-refractivity contribution in [2.45, 2.75) is 65.4 Å². The summed E-state index contributed by atoms with van der Waals surface area (Å²) in [6.07, 6.45) is 35.6. The van der Waals surface area contributed by atoms with Crippen LogP contribution in [0.4, 0.5) is 0 Å². The number of benzene rings is 2. The fraction of sp³-hybridized carbons (Fsp3) is 0.383. The van der Waals surface area contributed by atoms with Crippen LogP contribution in [0.5, 0.6) is 0 Å². The van der Waals surface area contributed by atoms with Crippen LogP contribution in [0.2, 0.25) is 13.7 Å². The van der Waals surface area contributed by atoms with Gasteiger partial charge in [-0.25, -0.2) is 0 Å². The number of halogens is 4. The fourth-order valence-corrected chi connectivity index (χ4v) is 24.7. The first kappa shape index (κ1) is 40.0. The van der Waals surface area contributed by atoms with Gasteiger partial charge in [-0.1, -0.05) is 0 Å². The maximum Gasteiger partial charge on any atom is -1.00 e. The zero-order valence-electron chi connectivity index (χ0n) is 31.6. The van der Waals surface area contributed by atoms with E-state index in [1.807, 2.05) is 12.1 Å². The molecule has 0 nitrogen and oxygen atoms in total. The quantitative estimate of drug-likeness (QED) is 0.304. The van der Waals surface area contributed by atoms with Crippen LogP contribution in [0, 0.1) is 43.8 Å². The Balaban J connectivity index is 0.00000232. The van der Waals surface area contributed by atoms with Crippen molar-refractivity contribution in [2.75, 3.05) is 0 Å². The van der Waals surface area contributed by atoms with Crippen molar-refractivity contribution in [2.24, 2.45) is 43.8 Å². The Labute approximate surface area is 342 Å².